The zero-order valence-corrected chi connectivity index (χ0v) is 7.45. The Labute approximate surface area is 71.3 Å². The van der Waals surface area contributed by atoms with E-state index in [-0.39, 0.29) is 0 Å². The van der Waals surface area contributed by atoms with Gasteiger partial charge in [0.2, 0.25) is 0 Å². The lowest BCUT2D eigenvalue weighted by Crippen LogP contribution is -1.83. The monoisotopic (exact) mass is 165 g/mol. The second kappa shape index (κ2) is 4.15. The van der Waals surface area contributed by atoms with E-state index < -0.39 is 0 Å². The van der Waals surface area contributed by atoms with Crippen LogP contribution in [0.1, 0.15) is 30.2 Å². The second-order valence-corrected chi connectivity index (χ2v) is 3.41. The van der Waals surface area contributed by atoms with Gasteiger partial charge in [-0.1, -0.05) is 13.3 Å². The third-order valence-electron chi connectivity index (χ3n) is 1.65. The number of nitrogens with zero attached hydrogens (tertiary/aromatic N) is 1. The quantitative estimate of drug-likeness (QED) is 0.675. The molecule has 0 aliphatic rings. The van der Waals surface area contributed by atoms with Gasteiger partial charge in [-0.2, -0.15) is 5.26 Å². The van der Waals surface area contributed by atoms with E-state index in [4.69, 9.17) is 5.26 Å². The Bertz CT molecular complexity index is 257. The largest absolute Gasteiger partial charge is 0.192 e. The lowest BCUT2D eigenvalue weighted by Gasteiger charge is -1.93. The smallest absolute Gasteiger partial charge is 0.110 e. The molecule has 1 nitrogen and oxygen atoms in total. The molecule has 2 heteroatoms. The maximum Gasteiger partial charge on any atom is 0.110 e. The number of hydrogen-bond donors (Lipinski definition) is 0. The van der Waals surface area contributed by atoms with Crippen molar-refractivity contribution in [1.29, 1.82) is 5.26 Å². The highest BCUT2D eigenvalue weighted by molar-refractivity contribution is 7.10. The molecule has 0 N–H and O–H groups in total. The van der Waals surface area contributed by atoms with Gasteiger partial charge in [-0.05, 0) is 29.9 Å². The molecule has 1 rings (SSSR count). The number of nitriles is 1. The van der Waals surface area contributed by atoms with Crippen LogP contribution in [-0.4, -0.2) is 0 Å². The van der Waals surface area contributed by atoms with Crippen molar-refractivity contribution in [1.82, 2.24) is 0 Å². The molecule has 0 aliphatic carbocycles. The summed E-state index contributed by atoms with van der Waals surface area (Å²) in [6, 6.07) is 4.26. The maximum absolute atomic E-state index is 8.67. The highest BCUT2D eigenvalue weighted by atomic mass is 32.1. The van der Waals surface area contributed by atoms with Crippen LogP contribution in [-0.2, 0) is 6.42 Å². The van der Waals surface area contributed by atoms with Crippen molar-refractivity contribution in [3.8, 4) is 6.07 Å². The molecule has 58 valence electrons. The summed E-state index contributed by atoms with van der Waals surface area (Å²) >= 11 is 1.54. The normalized spacial score (nSPS) is 9.45. The van der Waals surface area contributed by atoms with E-state index in [0.29, 0.717) is 0 Å². The van der Waals surface area contributed by atoms with Crippen molar-refractivity contribution in [3.05, 3.63) is 21.9 Å². The molecular formula is C9H11NS. The Morgan fingerprint density at radius 1 is 1.64 bits per heavy atom. The topological polar surface area (TPSA) is 23.8 Å². The van der Waals surface area contributed by atoms with Crippen molar-refractivity contribution in [3.63, 3.8) is 0 Å². The SMILES string of the molecule is CCCCc1ccsc1C#N. The first-order chi connectivity index (χ1) is 5.38. The van der Waals surface area contributed by atoms with Gasteiger partial charge in [-0.3, -0.25) is 0 Å². The molecular weight excluding hydrogens is 154 g/mol. The van der Waals surface area contributed by atoms with Crippen molar-refractivity contribution in [2.24, 2.45) is 0 Å². The zero-order valence-electron chi connectivity index (χ0n) is 6.63. The van der Waals surface area contributed by atoms with Gasteiger partial charge in [0.05, 0.1) is 0 Å². The molecule has 1 aromatic heterocycles. The fraction of sp³-hybridized carbons (Fsp3) is 0.444. The minimum atomic E-state index is 0.887. The predicted octanol–water partition coefficient (Wildman–Crippen LogP) is 2.96. The molecule has 0 saturated carbocycles. The van der Waals surface area contributed by atoms with Crippen LogP contribution in [0.4, 0.5) is 0 Å². The van der Waals surface area contributed by atoms with E-state index in [9.17, 15) is 0 Å². The summed E-state index contributed by atoms with van der Waals surface area (Å²) in [5.74, 6) is 0. The number of aryl methyl sites for hydroxylation is 1. The van der Waals surface area contributed by atoms with Gasteiger partial charge in [-0.25, -0.2) is 0 Å². The fourth-order valence-corrected chi connectivity index (χ4v) is 1.74. The fourth-order valence-electron chi connectivity index (χ4n) is 0.998. The minimum absolute atomic E-state index is 0.887. The summed E-state index contributed by atoms with van der Waals surface area (Å²) in [5.41, 5.74) is 1.22. The summed E-state index contributed by atoms with van der Waals surface area (Å²) in [4.78, 5) is 0.887. The Balaban J connectivity index is 2.63. The van der Waals surface area contributed by atoms with E-state index in [1.54, 1.807) is 0 Å². The van der Waals surface area contributed by atoms with Gasteiger partial charge >= 0.3 is 0 Å². The molecule has 0 aromatic carbocycles. The molecule has 0 fully saturated rings. The van der Waals surface area contributed by atoms with Gasteiger partial charge in [-0.15, -0.1) is 11.3 Å². The van der Waals surface area contributed by atoms with E-state index in [1.165, 1.54) is 29.7 Å². The van der Waals surface area contributed by atoms with Crippen LogP contribution < -0.4 is 0 Å². The van der Waals surface area contributed by atoms with Crippen LogP contribution >= 0.6 is 11.3 Å². The van der Waals surface area contributed by atoms with Crippen LogP contribution in [0.5, 0.6) is 0 Å². The van der Waals surface area contributed by atoms with Gasteiger partial charge in [0, 0.05) is 0 Å². The Hall–Kier alpha value is -0.810. The summed E-state index contributed by atoms with van der Waals surface area (Å²) in [5, 5.41) is 10.7. The van der Waals surface area contributed by atoms with E-state index in [1.807, 2.05) is 5.38 Å². The van der Waals surface area contributed by atoms with Crippen molar-refractivity contribution < 1.29 is 0 Å². The molecule has 0 radical (unpaired) electrons. The summed E-state index contributed by atoms with van der Waals surface area (Å²) in [7, 11) is 0. The third kappa shape index (κ3) is 2.06. The Morgan fingerprint density at radius 2 is 2.45 bits per heavy atom. The first kappa shape index (κ1) is 8.29. The summed E-state index contributed by atoms with van der Waals surface area (Å²) in [6.07, 6.45) is 3.44. The minimum Gasteiger partial charge on any atom is -0.192 e. The van der Waals surface area contributed by atoms with Gasteiger partial charge < -0.3 is 0 Å². The number of rotatable bonds is 3. The average molecular weight is 165 g/mol. The molecule has 0 spiro atoms. The zero-order chi connectivity index (χ0) is 8.10. The van der Waals surface area contributed by atoms with Crippen LogP contribution in [0.15, 0.2) is 11.4 Å². The second-order valence-electron chi connectivity index (χ2n) is 2.49. The molecule has 0 bridgehead atoms. The predicted molar refractivity (Wildman–Crippen MR) is 47.6 cm³/mol. The molecule has 1 aromatic rings. The van der Waals surface area contributed by atoms with Crippen molar-refractivity contribution >= 4 is 11.3 Å². The average Bonchev–Trinajstić information content (AvgIpc) is 2.47. The number of hydrogen-bond acceptors (Lipinski definition) is 2. The summed E-state index contributed by atoms with van der Waals surface area (Å²) < 4.78 is 0. The van der Waals surface area contributed by atoms with Crippen molar-refractivity contribution in [2.45, 2.75) is 26.2 Å². The molecule has 11 heavy (non-hydrogen) atoms. The Morgan fingerprint density at radius 3 is 3.09 bits per heavy atom. The molecule has 1 heterocycles. The van der Waals surface area contributed by atoms with Crippen LogP contribution in [0.3, 0.4) is 0 Å². The van der Waals surface area contributed by atoms with Crippen LogP contribution in [0, 0.1) is 11.3 Å². The van der Waals surface area contributed by atoms with Crippen LogP contribution in [0.2, 0.25) is 0 Å². The molecule has 0 aliphatic heterocycles. The molecule has 0 atom stereocenters. The lowest BCUT2D eigenvalue weighted by atomic mass is 10.1. The molecule has 0 amide bonds. The van der Waals surface area contributed by atoms with E-state index in [0.717, 1.165) is 11.3 Å². The van der Waals surface area contributed by atoms with E-state index >= 15 is 0 Å². The number of unbranched alkanes of at least 4 members (excludes halogenated alkanes) is 1. The molecule has 0 unspecified atom stereocenters. The third-order valence-corrected chi connectivity index (χ3v) is 2.51. The maximum atomic E-state index is 8.67. The van der Waals surface area contributed by atoms with Crippen LogP contribution in [0.25, 0.3) is 0 Å². The number of thiophene rings is 1. The standard InChI is InChI=1S/C9H11NS/c1-2-3-4-8-5-6-11-9(8)7-10/h5-6H,2-4H2,1H3. The summed E-state index contributed by atoms with van der Waals surface area (Å²) in [6.45, 7) is 2.17. The first-order valence-electron chi connectivity index (χ1n) is 3.85. The highest BCUT2D eigenvalue weighted by Gasteiger charge is 2.00. The van der Waals surface area contributed by atoms with E-state index in [2.05, 4.69) is 19.1 Å². The first-order valence-corrected chi connectivity index (χ1v) is 4.73. The van der Waals surface area contributed by atoms with Gasteiger partial charge in [0.25, 0.3) is 0 Å². The highest BCUT2D eigenvalue weighted by Crippen LogP contribution is 2.17. The van der Waals surface area contributed by atoms with Gasteiger partial charge in [0.1, 0.15) is 10.9 Å². The van der Waals surface area contributed by atoms with Gasteiger partial charge in [0.15, 0.2) is 0 Å². The lowest BCUT2D eigenvalue weighted by molar-refractivity contribution is 0.796. The Kier molecular flexibility index (Phi) is 3.13. The van der Waals surface area contributed by atoms with Crippen molar-refractivity contribution in [2.75, 3.05) is 0 Å². The molecule has 0 saturated heterocycles.